The maximum atomic E-state index is 13.4. The van der Waals surface area contributed by atoms with E-state index in [0.717, 1.165) is 22.4 Å². The number of halogens is 3. The molecule has 176 valence electrons. The molecule has 1 saturated heterocycles. The summed E-state index contributed by atoms with van der Waals surface area (Å²) < 4.78 is 72.6. The second kappa shape index (κ2) is 9.20. The van der Waals surface area contributed by atoms with E-state index in [4.69, 9.17) is 4.74 Å². The van der Waals surface area contributed by atoms with Gasteiger partial charge in [0.05, 0.1) is 29.7 Å². The normalized spacial score (nSPS) is 16.6. The first-order chi connectivity index (χ1) is 15.6. The molecule has 0 amide bonds. The number of hydrogen-bond acceptors (Lipinski definition) is 7. The van der Waals surface area contributed by atoms with Crippen molar-refractivity contribution in [1.29, 1.82) is 0 Å². The van der Waals surface area contributed by atoms with Crippen molar-refractivity contribution < 1.29 is 26.3 Å². The van der Waals surface area contributed by atoms with Gasteiger partial charge in [-0.05, 0) is 47.2 Å². The SMILES string of the molecule is Cc1ccc(S(=O)(=O)Cn2nnnc2[C@@H](c2cccc(C(F)(F)F)c2)N2CCOCC2)cc1. The van der Waals surface area contributed by atoms with Crippen LogP contribution in [-0.2, 0) is 26.6 Å². The van der Waals surface area contributed by atoms with Crippen molar-refractivity contribution in [3.05, 3.63) is 71.0 Å². The van der Waals surface area contributed by atoms with Crippen LogP contribution < -0.4 is 0 Å². The van der Waals surface area contributed by atoms with Crippen LogP contribution in [0.1, 0.15) is 28.6 Å². The average molecular weight is 482 g/mol. The van der Waals surface area contributed by atoms with Gasteiger partial charge in [0, 0.05) is 13.1 Å². The number of tetrazole rings is 1. The third-order valence-corrected chi connectivity index (χ3v) is 6.99. The zero-order chi connectivity index (χ0) is 23.6. The summed E-state index contributed by atoms with van der Waals surface area (Å²) in [6.07, 6.45) is -4.52. The Kier molecular flexibility index (Phi) is 6.50. The monoisotopic (exact) mass is 481 g/mol. The van der Waals surface area contributed by atoms with Gasteiger partial charge in [-0.1, -0.05) is 29.8 Å². The first kappa shape index (κ1) is 23.3. The number of aromatic nitrogens is 4. The fourth-order valence-corrected chi connectivity index (χ4v) is 4.93. The second-order valence-corrected chi connectivity index (χ2v) is 9.73. The molecular formula is C21H22F3N5O3S. The highest BCUT2D eigenvalue weighted by Gasteiger charge is 2.34. The molecular weight excluding hydrogens is 459 g/mol. The van der Waals surface area contributed by atoms with Gasteiger partial charge >= 0.3 is 6.18 Å². The van der Waals surface area contributed by atoms with Gasteiger partial charge in [-0.15, -0.1) is 5.10 Å². The summed E-state index contributed by atoms with van der Waals surface area (Å²) in [5, 5.41) is 11.5. The van der Waals surface area contributed by atoms with E-state index in [1.165, 1.54) is 18.2 Å². The highest BCUT2D eigenvalue weighted by Crippen LogP contribution is 2.34. The highest BCUT2D eigenvalue weighted by atomic mass is 32.2. The van der Waals surface area contributed by atoms with Crippen LogP contribution >= 0.6 is 0 Å². The van der Waals surface area contributed by atoms with E-state index in [1.54, 1.807) is 18.2 Å². The fourth-order valence-electron chi connectivity index (χ4n) is 3.72. The predicted molar refractivity (Wildman–Crippen MR) is 112 cm³/mol. The van der Waals surface area contributed by atoms with Crippen LogP contribution in [0.5, 0.6) is 0 Å². The number of aryl methyl sites for hydroxylation is 1. The summed E-state index contributed by atoms with van der Waals surface area (Å²) in [7, 11) is -3.80. The Labute approximate surface area is 188 Å². The quantitative estimate of drug-likeness (QED) is 0.535. The number of nitrogens with zero attached hydrogens (tertiary/aromatic N) is 5. The lowest BCUT2D eigenvalue weighted by molar-refractivity contribution is -0.137. The molecule has 0 radical (unpaired) electrons. The predicted octanol–water partition coefficient (Wildman–Crippen LogP) is 2.85. The standard InChI is InChI=1S/C21H22F3N5O3S/c1-15-5-7-18(8-6-15)33(30,31)14-29-20(25-26-27-29)19(28-9-11-32-12-10-28)16-3-2-4-17(13-16)21(22,23)24/h2-8,13,19H,9-12,14H2,1H3/t19-/m1/s1. The van der Waals surface area contributed by atoms with E-state index in [-0.39, 0.29) is 10.7 Å². The topological polar surface area (TPSA) is 90.2 Å². The third kappa shape index (κ3) is 5.23. The van der Waals surface area contributed by atoms with Crippen LogP contribution in [0.2, 0.25) is 0 Å². The number of hydrogen-bond donors (Lipinski definition) is 0. The van der Waals surface area contributed by atoms with Crippen LogP contribution in [-0.4, -0.2) is 59.8 Å². The molecule has 1 fully saturated rings. The minimum absolute atomic E-state index is 0.108. The van der Waals surface area contributed by atoms with Gasteiger partial charge in [0.15, 0.2) is 21.5 Å². The minimum atomic E-state index is -4.52. The smallest absolute Gasteiger partial charge is 0.379 e. The molecule has 8 nitrogen and oxygen atoms in total. The fraction of sp³-hybridized carbons (Fsp3) is 0.381. The van der Waals surface area contributed by atoms with E-state index in [1.807, 2.05) is 11.8 Å². The average Bonchev–Trinajstić information content (AvgIpc) is 3.21. The van der Waals surface area contributed by atoms with E-state index in [2.05, 4.69) is 15.5 Å². The number of rotatable bonds is 6. The number of alkyl halides is 3. The highest BCUT2D eigenvalue weighted by molar-refractivity contribution is 7.90. The molecule has 1 atom stereocenters. The summed E-state index contributed by atoms with van der Waals surface area (Å²) in [6.45, 7) is 3.48. The summed E-state index contributed by atoms with van der Waals surface area (Å²) in [4.78, 5) is 2.00. The first-order valence-electron chi connectivity index (χ1n) is 10.2. The second-order valence-electron chi connectivity index (χ2n) is 7.77. The number of benzene rings is 2. The Balaban J connectivity index is 1.74. The number of morpholine rings is 1. The number of ether oxygens (including phenoxy) is 1. The maximum absolute atomic E-state index is 13.4. The molecule has 0 spiro atoms. The van der Waals surface area contributed by atoms with E-state index < -0.39 is 33.5 Å². The molecule has 0 unspecified atom stereocenters. The summed E-state index contributed by atoms with van der Waals surface area (Å²) in [5.41, 5.74) is 0.425. The molecule has 0 saturated carbocycles. The summed E-state index contributed by atoms with van der Waals surface area (Å²) in [5.74, 6) is -0.398. The van der Waals surface area contributed by atoms with Gasteiger partial charge in [0.2, 0.25) is 0 Å². The summed E-state index contributed by atoms with van der Waals surface area (Å²) in [6, 6.07) is 10.5. The third-order valence-electron chi connectivity index (χ3n) is 5.42. The molecule has 1 aliphatic heterocycles. The van der Waals surface area contributed by atoms with Crippen LogP contribution in [0.3, 0.4) is 0 Å². The largest absolute Gasteiger partial charge is 0.416 e. The van der Waals surface area contributed by atoms with Gasteiger partial charge in [-0.25, -0.2) is 13.1 Å². The summed E-state index contributed by atoms with van der Waals surface area (Å²) >= 11 is 0. The van der Waals surface area contributed by atoms with Gasteiger partial charge in [-0.2, -0.15) is 13.2 Å². The van der Waals surface area contributed by atoms with Gasteiger partial charge in [-0.3, -0.25) is 4.90 Å². The Hall–Kier alpha value is -2.83. The Morgan fingerprint density at radius 1 is 1.09 bits per heavy atom. The molecule has 1 aliphatic rings. The van der Waals surface area contributed by atoms with Gasteiger partial charge in [0.25, 0.3) is 0 Å². The van der Waals surface area contributed by atoms with Gasteiger partial charge in [0.1, 0.15) is 0 Å². The van der Waals surface area contributed by atoms with Crippen molar-refractivity contribution in [3.8, 4) is 0 Å². The molecule has 3 aromatic rings. The molecule has 0 bridgehead atoms. The van der Waals surface area contributed by atoms with Crippen molar-refractivity contribution >= 4 is 9.84 Å². The molecule has 12 heteroatoms. The zero-order valence-electron chi connectivity index (χ0n) is 17.7. The molecule has 0 N–H and O–H groups in total. The molecule has 4 rings (SSSR count). The number of sulfone groups is 1. The van der Waals surface area contributed by atoms with Crippen LogP contribution in [0, 0.1) is 6.92 Å². The van der Waals surface area contributed by atoms with E-state index in [9.17, 15) is 21.6 Å². The van der Waals surface area contributed by atoms with Crippen molar-refractivity contribution in [2.75, 3.05) is 26.3 Å². The zero-order valence-corrected chi connectivity index (χ0v) is 18.6. The molecule has 1 aromatic heterocycles. The van der Waals surface area contributed by atoms with Crippen molar-refractivity contribution in [2.24, 2.45) is 0 Å². The molecule has 2 heterocycles. The van der Waals surface area contributed by atoms with Crippen LogP contribution in [0.4, 0.5) is 13.2 Å². The lowest BCUT2D eigenvalue weighted by Crippen LogP contribution is -2.40. The minimum Gasteiger partial charge on any atom is -0.379 e. The molecule has 33 heavy (non-hydrogen) atoms. The van der Waals surface area contributed by atoms with Gasteiger partial charge < -0.3 is 4.74 Å². The lowest BCUT2D eigenvalue weighted by Gasteiger charge is -2.34. The molecule has 2 aromatic carbocycles. The Morgan fingerprint density at radius 3 is 2.45 bits per heavy atom. The van der Waals surface area contributed by atoms with Crippen molar-refractivity contribution in [1.82, 2.24) is 25.1 Å². The molecule has 0 aliphatic carbocycles. The van der Waals surface area contributed by atoms with Crippen LogP contribution in [0.25, 0.3) is 0 Å². The Morgan fingerprint density at radius 2 is 1.79 bits per heavy atom. The van der Waals surface area contributed by atoms with Crippen molar-refractivity contribution in [2.45, 2.75) is 29.9 Å². The van der Waals surface area contributed by atoms with Crippen molar-refractivity contribution in [3.63, 3.8) is 0 Å². The lowest BCUT2D eigenvalue weighted by atomic mass is 10.0. The van der Waals surface area contributed by atoms with E-state index in [0.29, 0.717) is 31.9 Å². The Bertz CT molecular complexity index is 1210. The van der Waals surface area contributed by atoms with Crippen LogP contribution in [0.15, 0.2) is 53.4 Å². The van der Waals surface area contributed by atoms with E-state index >= 15 is 0 Å². The maximum Gasteiger partial charge on any atom is 0.416 e. The first-order valence-corrected chi connectivity index (χ1v) is 11.8.